The van der Waals surface area contributed by atoms with Crippen molar-refractivity contribution < 1.29 is 14.3 Å². The van der Waals surface area contributed by atoms with Gasteiger partial charge in [-0.15, -0.1) is 0 Å². The Morgan fingerprint density at radius 2 is 1.95 bits per heavy atom. The Morgan fingerprint density at radius 1 is 1.33 bits per heavy atom. The maximum absolute atomic E-state index is 12.0. The highest BCUT2D eigenvalue weighted by molar-refractivity contribution is 5.78. The van der Waals surface area contributed by atoms with Crippen molar-refractivity contribution in [1.82, 2.24) is 5.32 Å². The Morgan fingerprint density at radius 3 is 2.48 bits per heavy atom. The maximum atomic E-state index is 12.0. The molecule has 0 aliphatic heterocycles. The number of ether oxygens (including phenoxy) is 2. The summed E-state index contributed by atoms with van der Waals surface area (Å²) in [6, 6.07) is 7.23. The van der Waals surface area contributed by atoms with Gasteiger partial charge in [-0.3, -0.25) is 4.79 Å². The van der Waals surface area contributed by atoms with E-state index in [1.54, 1.807) is 19.2 Å². The van der Waals surface area contributed by atoms with E-state index in [0.29, 0.717) is 24.0 Å². The summed E-state index contributed by atoms with van der Waals surface area (Å²) < 4.78 is 10.7. The van der Waals surface area contributed by atoms with Crippen molar-refractivity contribution in [2.75, 3.05) is 20.3 Å². The number of rotatable bonds is 8. The molecular formula is C16H26N2O3. The van der Waals surface area contributed by atoms with E-state index >= 15 is 0 Å². The minimum Gasteiger partial charge on any atom is -0.493 e. The van der Waals surface area contributed by atoms with Crippen LogP contribution in [0.4, 0.5) is 0 Å². The fraction of sp³-hybridized carbons (Fsp3) is 0.562. The van der Waals surface area contributed by atoms with Crippen molar-refractivity contribution in [3.8, 4) is 11.5 Å². The molecule has 0 heterocycles. The predicted molar refractivity (Wildman–Crippen MR) is 83.5 cm³/mol. The van der Waals surface area contributed by atoms with E-state index in [9.17, 15) is 4.79 Å². The fourth-order valence-corrected chi connectivity index (χ4v) is 2.34. The van der Waals surface area contributed by atoms with Crippen molar-refractivity contribution in [2.24, 2.45) is 11.7 Å². The second kappa shape index (κ2) is 7.88. The van der Waals surface area contributed by atoms with Gasteiger partial charge >= 0.3 is 0 Å². The molecule has 1 aromatic rings. The monoisotopic (exact) mass is 294 g/mol. The van der Waals surface area contributed by atoms with Gasteiger partial charge in [0.15, 0.2) is 18.1 Å². The van der Waals surface area contributed by atoms with Crippen molar-refractivity contribution in [3.63, 3.8) is 0 Å². The number of hydrogen-bond donors (Lipinski definition) is 2. The number of hydrogen-bond acceptors (Lipinski definition) is 4. The molecule has 0 radical (unpaired) electrons. The molecule has 0 aromatic heterocycles. The molecule has 0 saturated carbocycles. The molecule has 3 N–H and O–H groups in total. The fourth-order valence-electron chi connectivity index (χ4n) is 2.34. The average molecular weight is 294 g/mol. The third-order valence-electron chi connectivity index (χ3n) is 3.18. The Kier molecular flexibility index (Phi) is 6.49. The van der Waals surface area contributed by atoms with Gasteiger partial charge in [0, 0.05) is 12.1 Å². The Hall–Kier alpha value is -1.75. The summed E-state index contributed by atoms with van der Waals surface area (Å²) in [6.45, 7) is 6.49. The van der Waals surface area contributed by atoms with Crippen LogP contribution in [0.15, 0.2) is 24.3 Å². The van der Waals surface area contributed by atoms with Crippen LogP contribution in [0.1, 0.15) is 27.2 Å². The molecule has 21 heavy (non-hydrogen) atoms. The molecule has 5 heteroatoms. The maximum Gasteiger partial charge on any atom is 0.258 e. The zero-order valence-corrected chi connectivity index (χ0v) is 13.3. The highest BCUT2D eigenvalue weighted by Crippen LogP contribution is 2.25. The van der Waals surface area contributed by atoms with Crippen LogP contribution in [-0.4, -0.2) is 31.7 Å². The number of carbonyl (C=O) groups is 1. The van der Waals surface area contributed by atoms with E-state index in [1.807, 2.05) is 19.1 Å². The predicted octanol–water partition coefficient (Wildman–Crippen LogP) is 1.95. The minimum absolute atomic E-state index is 0.0614. The lowest BCUT2D eigenvalue weighted by molar-refractivity contribution is -0.125. The standard InChI is InChI=1S/C16H26N2O3/c1-12(2)9-16(3,11-17)18-15(19)10-21-14-8-6-5-7-13(14)20-4/h5-8,12H,9-11,17H2,1-4H3,(H,18,19). The number of amides is 1. The topological polar surface area (TPSA) is 73.6 Å². The second-order valence-corrected chi connectivity index (χ2v) is 5.85. The van der Waals surface area contributed by atoms with Gasteiger partial charge in [0.2, 0.25) is 0 Å². The van der Waals surface area contributed by atoms with Gasteiger partial charge in [-0.2, -0.15) is 0 Å². The molecule has 0 bridgehead atoms. The van der Waals surface area contributed by atoms with Crippen LogP contribution in [0.25, 0.3) is 0 Å². The largest absolute Gasteiger partial charge is 0.493 e. The molecule has 0 aliphatic carbocycles. The molecule has 0 spiro atoms. The zero-order chi connectivity index (χ0) is 15.9. The minimum atomic E-state index is -0.407. The summed E-state index contributed by atoms with van der Waals surface area (Å²) in [5.41, 5.74) is 5.37. The van der Waals surface area contributed by atoms with Crippen molar-refractivity contribution >= 4 is 5.91 Å². The average Bonchev–Trinajstić information content (AvgIpc) is 2.44. The Bertz CT molecular complexity index is 463. The van der Waals surface area contributed by atoms with Gasteiger partial charge in [-0.1, -0.05) is 26.0 Å². The summed E-state index contributed by atoms with van der Waals surface area (Å²) in [5, 5.41) is 2.95. The highest BCUT2D eigenvalue weighted by atomic mass is 16.5. The zero-order valence-electron chi connectivity index (χ0n) is 13.3. The first-order valence-electron chi connectivity index (χ1n) is 7.17. The van der Waals surface area contributed by atoms with E-state index in [-0.39, 0.29) is 12.5 Å². The van der Waals surface area contributed by atoms with Gasteiger partial charge in [0.1, 0.15) is 0 Å². The van der Waals surface area contributed by atoms with Gasteiger partial charge in [0.05, 0.1) is 7.11 Å². The summed E-state index contributed by atoms with van der Waals surface area (Å²) >= 11 is 0. The molecule has 1 atom stereocenters. The van der Waals surface area contributed by atoms with Crippen LogP contribution in [0.2, 0.25) is 0 Å². The molecule has 1 unspecified atom stereocenters. The van der Waals surface area contributed by atoms with Crippen molar-refractivity contribution in [1.29, 1.82) is 0 Å². The molecular weight excluding hydrogens is 268 g/mol. The Balaban J connectivity index is 2.57. The highest BCUT2D eigenvalue weighted by Gasteiger charge is 2.26. The lowest BCUT2D eigenvalue weighted by Crippen LogP contribution is -2.53. The molecule has 0 fully saturated rings. The van der Waals surface area contributed by atoms with Crippen molar-refractivity contribution in [3.05, 3.63) is 24.3 Å². The van der Waals surface area contributed by atoms with Crippen LogP contribution >= 0.6 is 0 Å². The van der Waals surface area contributed by atoms with Gasteiger partial charge in [0.25, 0.3) is 5.91 Å². The number of nitrogens with one attached hydrogen (secondary N) is 1. The molecule has 1 aromatic carbocycles. The summed E-state index contributed by atoms with van der Waals surface area (Å²) in [7, 11) is 1.57. The quantitative estimate of drug-likeness (QED) is 0.768. The summed E-state index contributed by atoms with van der Waals surface area (Å²) in [6.07, 6.45) is 0.823. The molecule has 1 rings (SSSR count). The van der Waals surface area contributed by atoms with Gasteiger partial charge in [-0.05, 0) is 31.4 Å². The molecule has 0 saturated heterocycles. The molecule has 5 nitrogen and oxygen atoms in total. The lowest BCUT2D eigenvalue weighted by Gasteiger charge is -2.31. The molecule has 0 aliphatic rings. The van der Waals surface area contributed by atoms with Crippen LogP contribution in [-0.2, 0) is 4.79 Å². The van der Waals surface area contributed by atoms with Crippen LogP contribution < -0.4 is 20.5 Å². The number of carbonyl (C=O) groups excluding carboxylic acids is 1. The molecule has 1 amide bonds. The number of benzene rings is 1. The number of para-hydroxylation sites is 2. The first kappa shape index (κ1) is 17.3. The van der Waals surface area contributed by atoms with Crippen LogP contribution in [0, 0.1) is 5.92 Å². The van der Waals surface area contributed by atoms with Crippen molar-refractivity contribution in [2.45, 2.75) is 32.7 Å². The lowest BCUT2D eigenvalue weighted by atomic mass is 9.91. The van der Waals surface area contributed by atoms with E-state index in [2.05, 4.69) is 19.2 Å². The van der Waals surface area contributed by atoms with Gasteiger partial charge < -0.3 is 20.5 Å². The third-order valence-corrected chi connectivity index (χ3v) is 3.18. The number of methoxy groups -OCH3 is 1. The molecule has 118 valence electrons. The van der Waals surface area contributed by atoms with Crippen LogP contribution in [0.3, 0.4) is 0 Å². The summed E-state index contributed by atoms with van der Waals surface area (Å²) in [5.74, 6) is 1.42. The van der Waals surface area contributed by atoms with Gasteiger partial charge in [-0.25, -0.2) is 0 Å². The first-order valence-corrected chi connectivity index (χ1v) is 7.17. The van der Waals surface area contributed by atoms with E-state index in [4.69, 9.17) is 15.2 Å². The second-order valence-electron chi connectivity index (χ2n) is 5.85. The summed E-state index contributed by atoms with van der Waals surface area (Å²) in [4.78, 5) is 12.0. The third kappa shape index (κ3) is 5.63. The number of nitrogens with two attached hydrogens (primary N) is 1. The first-order chi connectivity index (χ1) is 9.90. The Labute approximate surface area is 126 Å². The van der Waals surface area contributed by atoms with E-state index < -0.39 is 5.54 Å². The smallest absolute Gasteiger partial charge is 0.258 e. The van der Waals surface area contributed by atoms with E-state index in [1.165, 1.54) is 0 Å². The van der Waals surface area contributed by atoms with E-state index in [0.717, 1.165) is 6.42 Å². The normalized spacial score (nSPS) is 13.6. The van der Waals surface area contributed by atoms with Crippen LogP contribution in [0.5, 0.6) is 11.5 Å². The SMILES string of the molecule is COc1ccccc1OCC(=O)NC(C)(CN)CC(C)C.